The number of carbonyl (C=O) groups is 1. The zero-order valence-corrected chi connectivity index (χ0v) is 21.7. The number of aromatic hydroxyl groups is 1. The summed E-state index contributed by atoms with van der Waals surface area (Å²) in [5.74, 6) is 1.41. The molecule has 0 radical (unpaired) electrons. The van der Waals surface area contributed by atoms with Crippen LogP contribution in [-0.2, 0) is 18.8 Å². The number of anilines is 1. The van der Waals surface area contributed by atoms with Crippen molar-refractivity contribution in [2.24, 2.45) is 9.46 Å². The average molecular weight is 505 g/mol. The smallest absolute Gasteiger partial charge is 0.344 e. The van der Waals surface area contributed by atoms with Crippen molar-refractivity contribution < 1.29 is 19.4 Å². The molecule has 9 heteroatoms. The molecule has 2 amide bonds. The molecule has 1 atom stereocenters. The third-order valence-corrected chi connectivity index (χ3v) is 6.56. The first-order chi connectivity index (χ1) is 17.3. The van der Waals surface area contributed by atoms with Crippen molar-refractivity contribution in [3.05, 3.63) is 65.2 Å². The summed E-state index contributed by atoms with van der Waals surface area (Å²) in [6.07, 6.45) is 2.23. The maximum Gasteiger partial charge on any atom is 0.344 e. The molecule has 36 heavy (non-hydrogen) atoms. The zero-order valence-electron chi connectivity index (χ0n) is 20.8. The lowest BCUT2D eigenvalue weighted by Gasteiger charge is -2.29. The molecule has 4 rings (SSSR count). The quantitative estimate of drug-likeness (QED) is 0.490. The van der Waals surface area contributed by atoms with Gasteiger partial charge in [0.05, 0.1) is 32.2 Å². The molecular formula is C27H28N4O4S. The van der Waals surface area contributed by atoms with Gasteiger partial charge < -0.3 is 14.6 Å². The molecule has 0 fully saturated rings. The summed E-state index contributed by atoms with van der Waals surface area (Å²) < 4.78 is 14.8. The predicted molar refractivity (Wildman–Crippen MR) is 144 cm³/mol. The number of nitrogens with zero attached hydrogens (tertiary/aromatic N) is 4. The number of aryl methyl sites for hydroxylation is 1. The fourth-order valence-electron chi connectivity index (χ4n) is 4.30. The third-order valence-electron chi connectivity index (χ3n) is 6.37. The van der Waals surface area contributed by atoms with Gasteiger partial charge in [-0.25, -0.2) is 9.80 Å². The Morgan fingerprint density at radius 2 is 1.89 bits per heavy atom. The van der Waals surface area contributed by atoms with Crippen LogP contribution in [-0.4, -0.2) is 49.7 Å². The standard InChI is InChI=1S/C27H28N4O4S/c1-16-7-6-8-21(26(16)32)18-9-10-22(29-36)23(12-18)30(3)27(33)31-17(2)11-19-13-24(34-4)25(35-5)14-20(19)15-28-31/h6-10,12-15,17,32H,11H2,1-5H3/t17-/m0/s1. The zero-order chi connectivity index (χ0) is 26.0. The van der Waals surface area contributed by atoms with E-state index in [1.807, 2.05) is 50.2 Å². The number of hydrazone groups is 1. The molecule has 1 aliphatic rings. The molecule has 1 heterocycles. The Hall–Kier alpha value is -3.98. The minimum absolute atomic E-state index is 0.190. The number of fused-ring (bicyclic) bond motifs is 1. The van der Waals surface area contributed by atoms with E-state index in [2.05, 4.69) is 9.46 Å². The van der Waals surface area contributed by atoms with E-state index >= 15 is 0 Å². The molecule has 3 aromatic carbocycles. The summed E-state index contributed by atoms with van der Waals surface area (Å²) in [4.78, 5) is 15.1. The van der Waals surface area contributed by atoms with Gasteiger partial charge in [0.25, 0.3) is 0 Å². The Bertz CT molecular complexity index is 1360. The van der Waals surface area contributed by atoms with E-state index in [4.69, 9.17) is 21.9 Å². The second-order valence-electron chi connectivity index (χ2n) is 8.66. The molecule has 0 bridgehead atoms. The predicted octanol–water partition coefficient (Wildman–Crippen LogP) is 5.58. The highest BCUT2D eigenvalue weighted by molar-refractivity contribution is 7.47. The number of phenols is 1. The summed E-state index contributed by atoms with van der Waals surface area (Å²) in [5.41, 5.74) is 5.01. The van der Waals surface area contributed by atoms with Gasteiger partial charge in [0, 0.05) is 30.6 Å². The van der Waals surface area contributed by atoms with Crippen LogP contribution < -0.4 is 14.4 Å². The van der Waals surface area contributed by atoms with Gasteiger partial charge in [-0.05, 0) is 61.2 Å². The van der Waals surface area contributed by atoms with Crippen molar-refractivity contribution in [1.29, 1.82) is 0 Å². The lowest BCUT2D eigenvalue weighted by atomic mass is 10.0. The van der Waals surface area contributed by atoms with Crippen molar-refractivity contribution in [3.8, 4) is 28.4 Å². The van der Waals surface area contributed by atoms with Crippen molar-refractivity contribution in [3.63, 3.8) is 0 Å². The molecule has 0 aromatic heterocycles. The van der Waals surface area contributed by atoms with Gasteiger partial charge in [0.1, 0.15) is 11.4 Å². The molecule has 1 aliphatic heterocycles. The fourth-order valence-corrected chi connectivity index (χ4v) is 4.45. The van der Waals surface area contributed by atoms with Crippen LogP contribution in [0.3, 0.4) is 0 Å². The van der Waals surface area contributed by atoms with Gasteiger partial charge in [0.15, 0.2) is 11.5 Å². The van der Waals surface area contributed by atoms with Crippen LogP contribution >= 0.6 is 0 Å². The second kappa shape index (κ2) is 10.3. The van der Waals surface area contributed by atoms with Crippen LogP contribution in [0.15, 0.2) is 58.0 Å². The van der Waals surface area contributed by atoms with Gasteiger partial charge in [-0.2, -0.15) is 9.46 Å². The second-order valence-corrected chi connectivity index (χ2v) is 8.84. The Morgan fingerprint density at radius 1 is 1.17 bits per heavy atom. The number of ether oxygens (including phenoxy) is 2. The maximum absolute atomic E-state index is 13.7. The highest BCUT2D eigenvalue weighted by atomic mass is 32.1. The Kier molecular flexibility index (Phi) is 7.21. The molecule has 3 aromatic rings. The van der Waals surface area contributed by atoms with Crippen LogP contribution in [0.2, 0.25) is 0 Å². The van der Waals surface area contributed by atoms with Crippen LogP contribution in [0.5, 0.6) is 17.2 Å². The third kappa shape index (κ3) is 4.61. The molecule has 0 saturated carbocycles. The number of carbonyl (C=O) groups excluding carboxylic acids is 1. The summed E-state index contributed by atoms with van der Waals surface area (Å²) in [6, 6.07) is 14.1. The summed E-state index contributed by atoms with van der Waals surface area (Å²) >= 11 is 4.99. The Labute approximate surface area is 215 Å². The number of hydrogen-bond donors (Lipinski definition) is 1. The SMILES string of the molecule is COc1cc2c(cc1OC)C[C@H](C)N(C(=O)N(C)c1cc(-c3cccc(C)c3O)ccc1N=S)N=C2. The monoisotopic (exact) mass is 504 g/mol. The van der Waals surface area contributed by atoms with Gasteiger partial charge in [-0.3, -0.25) is 4.90 Å². The van der Waals surface area contributed by atoms with E-state index in [0.29, 0.717) is 34.9 Å². The topological polar surface area (TPSA) is 87.0 Å². The number of urea groups is 1. The molecule has 1 N–H and O–H groups in total. The molecule has 0 saturated heterocycles. The molecule has 8 nitrogen and oxygen atoms in total. The number of rotatable bonds is 5. The lowest BCUT2D eigenvalue weighted by Crippen LogP contribution is -2.43. The average Bonchev–Trinajstić information content (AvgIpc) is 3.05. The number of amides is 2. The van der Waals surface area contributed by atoms with E-state index < -0.39 is 0 Å². The maximum atomic E-state index is 13.7. The Balaban J connectivity index is 1.68. The highest BCUT2D eigenvalue weighted by Gasteiger charge is 2.28. The van der Waals surface area contributed by atoms with E-state index in [9.17, 15) is 9.90 Å². The molecule has 186 valence electrons. The molecule has 0 spiro atoms. The minimum atomic E-state index is -0.337. The van der Waals surface area contributed by atoms with Crippen LogP contribution in [0.25, 0.3) is 11.1 Å². The van der Waals surface area contributed by atoms with Crippen molar-refractivity contribution in [2.75, 3.05) is 26.2 Å². The van der Waals surface area contributed by atoms with Crippen LogP contribution in [0.4, 0.5) is 16.2 Å². The Morgan fingerprint density at radius 3 is 2.58 bits per heavy atom. The van der Waals surface area contributed by atoms with E-state index in [1.54, 1.807) is 39.6 Å². The summed E-state index contributed by atoms with van der Waals surface area (Å²) in [7, 11) is 4.83. The first-order valence-electron chi connectivity index (χ1n) is 11.4. The van der Waals surface area contributed by atoms with Gasteiger partial charge in [-0.15, -0.1) is 0 Å². The van der Waals surface area contributed by atoms with Crippen LogP contribution in [0.1, 0.15) is 23.6 Å². The normalized spacial score (nSPS) is 14.6. The largest absolute Gasteiger partial charge is 0.507 e. The molecular weight excluding hydrogens is 476 g/mol. The van der Waals surface area contributed by atoms with E-state index in [1.165, 1.54) is 9.91 Å². The van der Waals surface area contributed by atoms with Crippen LogP contribution in [0, 0.1) is 6.92 Å². The van der Waals surface area contributed by atoms with Gasteiger partial charge >= 0.3 is 6.03 Å². The van der Waals surface area contributed by atoms with Gasteiger partial charge in [-0.1, -0.05) is 24.3 Å². The summed E-state index contributed by atoms with van der Waals surface area (Å²) in [6.45, 7) is 3.78. The minimum Gasteiger partial charge on any atom is -0.507 e. The first kappa shape index (κ1) is 25.1. The van der Waals surface area contributed by atoms with Crippen molar-refractivity contribution >= 4 is 36.0 Å². The van der Waals surface area contributed by atoms with Crippen molar-refractivity contribution in [1.82, 2.24) is 5.01 Å². The highest BCUT2D eigenvalue weighted by Crippen LogP contribution is 2.38. The molecule has 0 unspecified atom stereocenters. The number of hydrogen-bond acceptors (Lipinski definition) is 7. The van der Waals surface area contributed by atoms with E-state index in [-0.39, 0.29) is 17.8 Å². The number of phenolic OH excluding ortho intramolecular Hbond substituents is 1. The lowest BCUT2D eigenvalue weighted by molar-refractivity contribution is 0.190. The van der Waals surface area contributed by atoms with Gasteiger partial charge in [0.2, 0.25) is 0 Å². The summed E-state index contributed by atoms with van der Waals surface area (Å²) in [5, 5.41) is 16.5. The van der Waals surface area contributed by atoms with E-state index in [0.717, 1.165) is 22.3 Å². The number of benzene rings is 3. The number of para-hydroxylation sites is 1. The first-order valence-corrected chi connectivity index (χ1v) is 11.8. The molecule has 0 aliphatic carbocycles. The fraction of sp³-hybridized carbons (Fsp3) is 0.259. The van der Waals surface area contributed by atoms with Crippen molar-refractivity contribution in [2.45, 2.75) is 26.3 Å². The number of methoxy groups -OCH3 is 2.